The van der Waals surface area contributed by atoms with Gasteiger partial charge in [-0.1, -0.05) is 23.2 Å². The molecule has 0 radical (unpaired) electrons. The Labute approximate surface area is 136 Å². The fourth-order valence-electron chi connectivity index (χ4n) is 1.60. The topological polar surface area (TPSA) is 71.3 Å². The summed E-state index contributed by atoms with van der Waals surface area (Å²) < 4.78 is 5.27. The second kappa shape index (κ2) is 7.15. The minimum absolute atomic E-state index is 0.195. The number of benzene rings is 1. The van der Waals surface area contributed by atoms with Gasteiger partial charge in [-0.25, -0.2) is 0 Å². The predicted octanol–water partition coefficient (Wildman–Crippen LogP) is 3.37. The van der Waals surface area contributed by atoms with E-state index in [2.05, 4.69) is 10.9 Å². The van der Waals surface area contributed by atoms with E-state index in [0.29, 0.717) is 10.8 Å². The number of hydrogen-bond donors (Lipinski definition) is 2. The Kier molecular flexibility index (Phi) is 5.25. The lowest BCUT2D eigenvalue weighted by atomic mass is 10.2. The first-order chi connectivity index (χ1) is 10.5. The summed E-state index contributed by atoms with van der Waals surface area (Å²) in [6, 6.07) is 7.95. The van der Waals surface area contributed by atoms with Gasteiger partial charge in [0.25, 0.3) is 11.8 Å². The molecule has 0 aliphatic carbocycles. The van der Waals surface area contributed by atoms with Gasteiger partial charge in [-0.3, -0.25) is 20.4 Å². The van der Waals surface area contributed by atoms with Crippen molar-refractivity contribution in [1.29, 1.82) is 0 Å². The highest BCUT2D eigenvalue weighted by Gasteiger charge is 2.10. The molecule has 0 spiro atoms. The fourth-order valence-corrected chi connectivity index (χ4v) is 2.10. The van der Waals surface area contributed by atoms with Crippen LogP contribution in [0.5, 0.6) is 0 Å². The van der Waals surface area contributed by atoms with Crippen molar-refractivity contribution in [2.45, 2.75) is 6.92 Å². The van der Waals surface area contributed by atoms with Crippen LogP contribution in [0.4, 0.5) is 0 Å². The van der Waals surface area contributed by atoms with Crippen LogP contribution in [0.25, 0.3) is 6.08 Å². The van der Waals surface area contributed by atoms with E-state index in [1.54, 1.807) is 19.1 Å². The van der Waals surface area contributed by atoms with E-state index in [9.17, 15) is 9.59 Å². The van der Waals surface area contributed by atoms with Crippen LogP contribution in [0, 0.1) is 6.92 Å². The lowest BCUT2D eigenvalue weighted by Gasteiger charge is -2.06. The Bertz CT molecular complexity index is 738. The quantitative estimate of drug-likeness (QED) is 0.665. The Morgan fingerprint density at radius 3 is 2.55 bits per heavy atom. The summed E-state index contributed by atoms with van der Waals surface area (Å²) in [6.45, 7) is 1.80. The van der Waals surface area contributed by atoms with Crippen LogP contribution in [0.1, 0.15) is 21.9 Å². The van der Waals surface area contributed by atoms with Gasteiger partial charge in [0.05, 0.1) is 10.6 Å². The maximum absolute atomic E-state index is 11.9. The molecule has 0 saturated carbocycles. The maximum atomic E-state index is 11.9. The number of carbonyl (C=O) groups is 2. The zero-order valence-electron chi connectivity index (χ0n) is 11.5. The van der Waals surface area contributed by atoms with Gasteiger partial charge in [0.15, 0.2) is 0 Å². The summed E-state index contributed by atoms with van der Waals surface area (Å²) in [5, 5.41) is 0.614. The Hall–Kier alpha value is -2.24. The van der Waals surface area contributed by atoms with Crippen LogP contribution in [0.15, 0.2) is 40.8 Å². The molecule has 1 heterocycles. The van der Waals surface area contributed by atoms with Crippen LogP contribution in [0.2, 0.25) is 10.0 Å². The Morgan fingerprint density at radius 2 is 1.91 bits per heavy atom. The van der Waals surface area contributed by atoms with E-state index in [1.165, 1.54) is 30.4 Å². The first-order valence-electron chi connectivity index (χ1n) is 6.25. The zero-order valence-corrected chi connectivity index (χ0v) is 13.0. The third kappa shape index (κ3) is 4.38. The average Bonchev–Trinajstić information content (AvgIpc) is 2.88. The van der Waals surface area contributed by atoms with E-state index in [4.69, 9.17) is 27.6 Å². The molecule has 0 fully saturated rings. The summed E-state index contributed by atoms with van der Waals surface area (Å²) in [4.78, 5) is 23.5. The molecule has 22 heavy (non-hydrogen) atoms. The van der Waals surface area contributed by atoms with E-state index in [1.807, 2.05) is 0 Å². The predicted molar refractivity (Wildman–Crippen MR) is 84.5 cm³/mol. The number of rotatable bonds is 3. The first-order valence-corrected chi connectivity index (χ1v) is 7.01. The molecule has 114 valence electrons. The highest BCUT2D eigenvalue weighted by molar-refractivity contribution is 6.36. The average molecular weight is 339 g/mol. The normalized spacial score (nSPS) is 10.7. The maximum Gasteiger partial charge on any atom is 0.271 e. The molecule has 0 unspecified atom stereocenters. The third-order valence-corrected chi connectivity index (χ3v) is 3.18. The third-order valence-electron chi connectivity index (χ3n) is 2.64. The van der Waals surface area contributed by atoms with Gasteiger partial charge in [-0.05, 0) is 43.3 Å². The Morgan fingerprint density at radius 1 is 1.14 bits per heavy atom. The number of hydrogen-bond acceptors (Lipinski definition) is 3. The van der Waals surface area contributed by atoms with Crippen LogP contribution in [-0.2, 0) is 4.79 Å². The molecule has 2 rings (SSSR count). The van der Waals surface area contributed by atoms with Crippen LogP contribution < -0.4 is 10.9 Å². The van der Waals surface area contributed by atoms with Crippen molar-refractivity contribution in [2.75, 3.05) is 0 Å². The summed E-state index contributed by atoms with van der Waals surface area (Å²) in [5.74, 6) is 0.232. The monoisotopic (exact) mass is 338 g/mol. The number of aryl methyl sites for hydroxylation is 1. The molecule has 0 bridgehead atoms. The van der Waals surface area contributed by atoms with Gasteiger partial charge in [-0.2, -0.15) is 0 Å². The number of nitrogens with one attached hydrogen (secondary N) is 2. The van der Waals surface area contributed by atoms with Gasteiger partial charge in [0, 0.05) is 11.1 Å². The van der Waals surface area contributed by atoms with Crippen molar-refractivity contribution in [3.05, 3.63) is 63.5 Å². The number of amides is 2. The van der Waals surface area contributed by atoms with E-state index >= 15 is 0 Å². The molecular weight excluding hydrogens is 327 g/mol. The van der Waals surface area contributed by atoms with Crippen molar-refractivity contribution in [3.63, 3.8) is 0 Å². The molecule has 0 atom stereocenters. The molecule has 0 aliphatic rings. The molecule has 2 amide bonds. The number of carbonyl (C=O) groups excluding carboxylic acids is 2. The van der Waals surface area contributed by atoms with Crippen LogP contribution >= 0.6 is 23.2 Å². The molecule has 0 aliphatic heterocycles. The summed E-state index contributed by atoms with van der Waals surface area (Å²) in [6.07, 6.45) is 2.73. The second-order valence-corrected chi connectivity index (χ2v) is 5.19. The van der Waals surface area contributed by atoms with Crippen LogP contribution in [-0.4, -0.2) is 11.8 Å². The van der Waals surface area contributed by atoms with Crippen molar-refractivity contribution >= 4 is 41.1 Å². The smallest absolute Gasteiger partial charge is 0.271 e. The lowest BCUT2D eigenvalue weighted by molar-refractivity contribution is -0.117. The molecule has 5 nitrogen and oxygen atoms in total. The molecule has 2 N–H and O–H groups in total. The SMILES string of the molecule is Cc1ccc(C=CC(=O)NNC(=O)c2ccc(Cl)cc2Cl)o1. The van der Waals surface area contributed by atoms with Crippen molar-refractivity contribution < 1.29 is 14.0 Å². The van der Waals surface area contributed by atoms with Crippen molar-refractivity contribution in [1.82, 2.24) is 10.9 Å². The minimum atomic E-state index is -0.544. The van der Waals surface area contributed by atoms with Crippen molar-refractivity contribution in [3.8, 4) is 0 Å². The van der Waals surface area contributed by atoms with Gasteiger partial charge >= 0.3 is 0 Å². The number of halogens is 2. The minimum Gasteiger partial charge on any atom is -0.462 e. The van der Waals surface area contributed by atoms with E-state index in [0.717, 1.165) is 5.76 Å². The van der Waals surface area contributed by atoms with E-state index in [-0.39, 0.29) is 10.6 Å². The molecule has 1 aromatic heterocycles. The summed E-state index contributed by atoms with van der Waals surface area (Å²) in [5.41, 5.74) is 4.70. The molecular formula is C15H12Cl2N2O3. The molecule has 7 heteroatoms. The largest absolute Gasteiger partial charge is 0.462 e. The number of hydrazine groups is 1. The Balaban J connectivity index is 1.90. The van der Waals surface area contributed by atoms with Crippen LogP contribution in [0.3, 0.4) is 0 Å². The summed E-state index contributed by atoms with van der Waals surface area (Å²) >= 11 is 11.6. The van der Waals surface area contributed by atoms with Gasteiger partial charge in [-0.15, -0.1) is 0 Å². The van der Waals surface area contributed by atoms with Gasteiger partial charge in [0.2, 0.25) is 0 Å². The fraction of sp³-hybridized carbons (Fsp3) is 0.0667. The summed E-state index contributed by atoms with van der Waals surface area (Å²) in [7, 11) is 0. The highest BCUT2D eigenvalue weighted by Crippen LogP contribution is 2.20. The van der Waals surface area contributed by atoms with Crippen molar-refractivity contribution in [2.24, 2.45) is 0 Å². The zero-order chi connectivity index (χ0) is 16.1. The lowest BCUT2D eigenvalue weighted by Crippen LogP contribution is -2.40. The van der Waals surface area contributed by atoms with Gasteiger partial charge in [0.1, 0.15) is 11.5 Å². The molecule has 0 saturated heterocycles. The number of furan rings is 1. The molecule has 1 aromatic carbocycles. The molecule has 2 aromatic rings. The van der Waals surface area contributed by atoms with E-state index < -0.39 is 11.8 Å². The highest BCUT2D eigenvalue weighted by atomic mass is 35.5. The standard InChI is InChI=1S/C15H12Cl2N2O3/c1-9-2-4-11(22-9)5-7-14(20)18-19-15(21)12-6-3-10(16)8-13(12)17/h2-8H,1H3,(H,18,20)(H,19,21). The van der Waals surface area contributed by atoms with Gasteiger partial charge < -0.3 is 4.42 Å². The second-order valence-electron chi connectivity index (χ2n) is 4.35. The first kappa shape index (κ1) is 16.1.